The minimum Gasteiger partial charge on any atom is -0.480 e. The number of carbonyl (C=O) groups excluding carboxylic acids is 2. The normalized spacial score (nSPS) is 11.8. The molecule has 0 saturated carbocycles. The second kappa shape index (κ2) is 10.3. The molecule has 0 aliphatic carbocycles. The highest BCUT2D eigenvalue weighted by Crippen LogP contribution is 2.04. The Morgan fingerprint density at radius 2 is 1.68 bits per heavy atom. The molecule has 7 nitrogen and oxygen atoms in total. The number of hydrogen-bond acceptors (Lipinski definition) is 4. The zero-order valence-corrected chi connectivity index (χ0v) is 11.1. The van der Waals surface area contributed by atoms with E-state index in [4.69, 9.17) is 16.6 Å². The molecule has 0 heterocycles. The van der Waals surface area contributed by atoms with Crippen molar-refractivity contribution in [2.45, 2.75) is 51.0 Å². The summed E-state index contributed by atoms with van der Waals surface area (Å²) in [7, 11) is 0. The lowest BCUT2D eigenvalue weighted by Crippen LogP contribution is -2.41. The van der Waals surface area contributed by atoms with Gasteiger partial charge in [0, 0.05) is 12.8 Å². The van der Waals surface area contributed by atoms with E-state index in [-0.39, 0.29) is 25.2 Å². The van der Waals surface area contributed by atoms with E-state index < -0.39 is 17.9 Å². The highest BCUT2D eigenvalue weighted by atomic mass is 16.4. The van der Waals surface area contributed by atoms with Gasteiger partial charge in [0.1, 0.15) is 6.04 Å². The van der Waals surface area contributed by atoms with Crippen molar-refractivity contribution in [1.82, 2.24) is 5.32 Å². The van der Waals surface area contributed by atoms with Crippen molar-refractivity contribution < 1.29 is 19.5 Å². The molecular weight excluding hydrogens is 250 g/mol. The van der Waals surface area contributed by atoms with Gasteiger partial charge in [0.25, 0.3) is 0 Å². The Balaban J connectivity index is 3.90. The van der Waals surface area contributed by atoms with Crippen molar-refractivity contribution in [2.75, 3.05) is 6.54 Å². The summed E-state index contributed by atoms with van der Waals surface area (Å²) < 4.78 is 0. The van der Waals surface area contributed by atoms with Crippen molar-refractivity contribution in [1.29, 1.82) is 0 Å². The first-order valence-electron chi connectivity index (χ1n) is 6.48. The summed E-state index contributed by atoms with van der Waals surface area (Å²) in [6.45, 7) is 0.639. The minimum absolute atomic E-state index is 0.0174. The molecule has 0 aliphatic rings. The summed E-state index contributed by atoms with van der Waals surface area (Å²) in [4.78, 5) is 33.0. The molecule has 1 atom stereocenters. The van der Waals surface area contributed by atoms with Gasteiger partial charge in [-0.1, -0.05) is 12.8 Å². The molecule has 19 heavy (non-hydrogen) atoms. The third-order valence-corrected chi connectivity index (χ3v) is 2.67. The summed E-state index contributed by atoms with van der Waals surface area (Å²) in [5, 5.41) is 11.3. The van der Waals surface area contributed by atoms with Gasteiger partial charge in [0.2, 0.25) is 11.8 Å². The molecule has 7 heteroatoms. The van der Waals surface area contributed by atoms with Gasteiger partial charge in [-0.2, -0.15) is 0 Å². The van der Waals surface area contributed by atoms with E-state index in [2.05, 4.69) is 5.32 Å². The van der Waals surface area contributed by atoms with Gasteiger partial charge in [-0.3, -0.25) is 9.59 Å². The van der Waals surface area contributed by atoms with Crippen LogP contribution in [-0.2, 0) is 14.4 Å². The standard InChI is InChI=1S/C12H23N3O4/c13-8-4-2-1-3-5-11(17)15-9(12(18)19)6-7-10(14)16/h9H,1-8,13H2,(H2,14,16)(H,15,17)(H,18,19)/t9-/m1/s1. The molecule has 0 radical (unpaired) electrons. The van der Waals surface area contributed by atoms with E-state index >= 15 is 0 Å². The van der Waals surface area contributed by atoms with Crippen LogP contribution in [0.15, 0.2) is 0 Å². The molecule has 0 aromatic heterocycles. The number of aliphatic carboxylic acids is 1. The number of rotatable bonds is 11. The smallest absolute Gasteiger partial charge is 0.326 e. The SMILES string of the molecule is NCCCCCCC(=O)N[C@H](CCC(N)=O)C(=O)O. The van der Waals surface area contributed by atoms with Crippen LogP contribution in [0.4, 0.5) is 0 Å². The average Bonchev–Trinajstić information content (AvgIpc) is 2.33. The summed E-state index contributed by atoms with van der Waals surface area (Å²) in [5.41, 5.74) is 10.3. The van der Waals surface area contributed by atoms with Crippen LogP contribution in [0.3, 0.4) is 0 Å². The Labute approximate surface area is 112 Å². The maximum absolute atomic E-state index is 11.5. The average molecular weight is 273 g/mol. The van der Waals surface area contributed by atoms with E-state index in [9.17, 15) is 14.4 Å². The van der Waals surface area contributed by atoms with Crippen LogP contribution in [0.5, 0.6) is 0 Å². The second-order valence-electron chi connectivity index (χ2n) is 4.42. The Kier molecular flexibility index (Phi) is 9.42. The van der Waals surface area contributed by atoms with Crippen molar-refractivity contribution in [3.8, 4) is 0 Å². The molecule has 0 fully saturated rings. The zero-order valence-electron chi connectivity index (χ0n) is 11.1. The Hall–Kier alpha value is -1.63. The molecule has 0 saturated heterocycles. The first-order chi connectivity index (χ1) is 8.97. The van der Waals surface area contributed by atoms with E-state index in [1.807, 2.05) is 0 Å². The number of hydrogen-bond donors (Lipinski definition) is 4. The highest BCUT2D eigenvalue weighted by Gasteiger charge is 2.19. The fourth-order valence-electron chi connectivity index (χ4n) is 1.59. The minimum atomic E-state index is -1.15. The molecule has 0 unspecified atom stereocenters. The topological polar surface area (TPSA) is 136 Å². The third-order valence-electron chi connectivity index (χ3n) is 2.67. The molecule has 6 N–H and O–H groups in total. The van der Waals surface area contributed by atoms with Crippen molar-refractivity contribution in [3.63, 3.8) is 0 Å². The van der Waals surface area contributed by atoms with E-state index in [0.29, 0.717) is 13.0 Å². The number of unbranched alkanes of at least 4 members (excludes halogenated alkanes) is 3. The molecule has 0 spiro atoms. The Morgan fingerprint density at radius 3 is 2.21 bits per heavy atom. The van der Waals surface area contributed by atoms with E-state index in [1.54, 1.807) is 0 Å². The molecular formula is C12H23N3O4. The molecule has 0 aliphatic heterocycles. The van der Waals surface area contributed by atoms with Crippen LogP contribution in [0.1, 0.15) is 44.9 Å². The first-order valence-corrected chi connectivity index (χ1v) is 6.48. The molecule has 2 amide bonds. The molecule has 110 valence electrons. The van der Waals surface area contributed by atoms with Crippen LogP contribution in [0.25, 0.3) is 0 Å². The van der Waals surface area contributed by atoms with E-state index in [0.717, 1.165) is 19.3 Å². The number of primary amides is 1. The predicted molar refractivity (Wildman–Crippen MR) is 70.1 cm³/mol. The highest BCUT2D eigenvalue weighted by molar-refractivity contribution is 5.84. The predicted octanol–water partition coefficient (Wildman–Crippen LogP) is -0.269. The molecule has 0 aromatic carbocycles. The van der Waals surface area contributed by atoms with E-state index in [1.165, 1.54) is 0 Å². The summed E-state index contributed by atoms with van der Waals surface area (Å²) >= 11 is 0. The van der Waals surface area contributed by atoms with Crippen LogP contribution < -0.4 is 16.8 Å². The lowest BCUT2D eigenvalue weighted by molar-refractivity contribution is -0.142. The van der Waals surface area contributed by atoms with Gasteiger partial charge in [-0.15, -0.1) is 0 Å². The zero-order chi connectivity index (χ0) is 14.7. The largest absolute Gasteiger partial charge is 0.480 e. The maximum atomic E-state index is 11.5. The van der Waals surface area contributed by atoms with Crippen molar-refractivity contribution in [2.24, 2.45) is 11.5 Å². The van der Waals surface area contributed by atoms with Crippen LogP contribution in [-0.4, -0.2) is 35.5 Å². The van der Waals surface area contributed by atoms with Crippen molar-refractivity contribution in [3.05, 3.63) is 0 Å². The fraction of sp³-hybridized carbons (Fsp3) is 0.750. The van der Waals surface area contributed by atoms with Crippen molar-refractivity contribution >= 4 is 17.8 Å². The number of carboxylic acid groups (broad SMARTS) is 1. The van der Waals surface area contributed by atoms with Gasteiger partial charge in [0.15, 0.2) is 0 Å². The monoisotopic (exact) mass is 273 g/mol. The fourth-order valence-corrected chi connectivity index (χ4v) is 1.59. The van der Waals surface area contributed by atoms with Crippen LogP contribution in [0.2, 0.25) is 0 Å². The summed E-state index contributed by atoms with van der Waals surface area (Å²) in [6.07, 6.45) is 3.73. The molecule has 0 bridgehead atoms. The van der Waals surface area contributed by atoms with Gasteiger partial charge < -0.3 is 21.9 Å². The number of nitrogens with two attached hydrogens (primary N) is 2. The lowest BCUT2D eigenvalue weighted by Gasteiger charge is -2.13. The molecule has 0 rings (SSSR count). The van der Waals surface area contributed by atoms with Gasteiger partial charge >= 0.3 is 5.97 Å². The van der Waals surface area contributed by atoms with Gasteiger partial charge in [-0.05, 0) is 25.8 Å². The summed E-state index contributed by atoms with van der Waals surface area (Å²) in [6, 6.07) is -1.05. The maximum Gasteiger partial charge on any atom is 0.326 e. The van der Waals surface area contributed by atoms with Crippen LogP contribution >= 0.6 is 0 Å². The van der Waals surface area contributed by atoms with Gasteiger partial charge in [-0.25, -0.2) is 4.79 Å². The number of amides is 2. The number of nitrogens with one attached hydrogen (secondary N) is 1. The second-order valence-corrected chi connectivity index (χ2v) is 4.42. The Bertz CT molecular complexity index is 307. The van der Waals surface area contributed by atoms with Gasteiger partial charge in [0.05, 0.1) is 0 Å². The lowest BCUT2D eigenvalue weighted by atomic mass is 10.1. The number of carboxylic acids is 1. The quantitative estimate of drug-likeness (QED) is 0.384. The van der Waals surface area contributed by atoms with Crippen LogP contribution in [0, 0.1) is 0 Å². The number of carbonyl (C=O) groups is 3. The molecule has 0 aromatic rings. The Morgan fingerprint density at radius 1 is 1.05 bits per heavy atom. The summed E-state index contributed by atoms with van der Waals surface area (Å²) in [5.74, 6) is -2.05. The third kappa shape index (κ3) is 10.0. The first kappa shape index (κ1) is 17.4.